The summed E-state index contributed by atoms with van der Waals surface area (Å²) in [5.74, 6) is 0.333. The third-order valence-corrected chi connectivity index (χ3v) is 8.88. The molecule has 0 aliphatic heterocycles. The van der Waals surface area contributed by atoms with Gasteiger partial charge in [-0.05, 0) is 34.6 Å². The Morgan fingerprint density at radius 1 is 0.627 bits per heavy atom. The Balaban J connectivity index is -0.000000120. The van der Waals surface area contributed by atoms with Crippen LogP contribution in [0.15, 0.2) is 30.3 Å². The first-order valence-corrected chi connectivity index (χ1v) is 23.1. The Bertz CT molecular complexity index is 988. The zero-order valence-corrected chi connectivity index (χ0v) is 38.8. The molecule has 0 saturated heterocycles. The van der Waals surface area contributed by atoms with Gasteiger partial charge in [-0.2, -0.15) is 13.6 Å². The zero-order valence-electron chi connectivity index (χ0n) is 35.2. The average molecular weight is 821 g/mol. The van der Waals surface area contributed by atoms with E-state index in [1.807, 2.05) is 60.5 Å². The van der Waals surface area contributed by atoms with Crippen LogP contribution in [0, 0.1) is 6.92 Å². The van der Waals surface area contributed by atoms with Crippen molar-refractivity contribution in [3.05, 3.63) is 35.9 Å². The van der Waals surface area contributed by atoms with E-state index in [2.05, 4.69) is 46.2 Å². The van der Waals surface area contributed by atoms with Crippen molar-refractivity contribution in [2.24, 2.45) is 0 Å². The summed E-state index contributed by atoms with van der Waals surface area (Å²) in [6.45, 7) is 14.9. The standard InChI is InChI=1S/C7H8.C6H17NO4P.C6H17NO3P.C3H9O3P.C3H9O2P.2C3H6O/c1-7-5-3-2-4-6-7;1-7(2,3)6-11-12(8,9-4)10-5;1-7(2,3)6-10-11(5,8)9-4;1-5-7(3,4)6-2;1-5-6(2,3)4;2*1-3(2)4/h2-6H,1H3;6H2,1-5H3;6H2,1-5H3;1-3H3;1-3H3;2*1-2H3/q;2*+1;;;;. The first kappa shape index (κ1) is 62.5. The summed E-state index contributed by atoms with van der Waals surface area (Å²) in [4.78, 5) is 51.9. The van der Waals surface area contributed by atoms with Gasteiger partial charge < -0.3 is 37.8 Å². The molecule has 0 aliphatic carbocycles. The number of carbonyl (C=O) groups excluding carboxylic acids is 2. The molecule has 1 aromatic carbocycles. The number of hydrogen-bond acceptors (Lipinski definition) is 14. The van der Waals surface area contributed by atoms with E-state index in [-0.39, 0.29) is 18.3 Å². The molecular weight excluding hydrogens is 748 g/mol. The minimum Gasteiger partial charge on any atom is -0.632 e. The van der Waals surface area contributed by atoms with E-state index in [1.165, 1.54) is 89.2 Å². The van der Waals surface area contributed by atoms with E-state index in [9.17, 15) is 28.8 Å². The lowest BCUT2D eigenvalue weighted by Crippen LogP contribution is -2.37. The topological polar surface area (TPSA) is 194 Å². The second-order valence-electron chi connectivity index (χ2n) is 12.9. The maximum Gasteiger partial charge on any atom is 0.386 e. The molecule has 0 bridgehead atoms. The highest BCUT2D eigenvalue weighted by Gasteiger charge is 2.32. The summed E-state index contributed by atoms with van der Waals surface area (Å²) in [6, 6.07) is 10.3. The molecule has 0 heterocycles. The fourth-order valence-electron chi connectivity index (χ4n) is 1.36. The molecular formula is C31H72N2O14P4+2. The molecule has 0 aromatic heterocycles. The molecule has 0 saturated carbocycles. The summed E-state index contributed by atoms with van der Waals surface area (Å²) in [7, 11) is 8.84. The van der Waals surface area contributed by atoms with E-state index >= 15 is 0 Å². The highest BCUT2D eigenvalue weighted by molar-refractivity contribution is 7.58. The summed E-state index contributed by atoms with van der Waals surface area (Å²) in [6.07, 6.45) is 0. The summed E-state index contributed by atoms with van der Waals surface area (Å²) < 4.78 is 48.7. The second kappa shape index (κ2) is 32.9. The molecule has 0 N–H and O–H groups in total. The molecule has 0 radical (unpaired) electrons. The van der Waals surface area contributed by atoms with Crippen LogP contribution in [-0.4, -0.2) is 146 Å². The Morgan fingerprint density at radius 2 is 0.902 bits per heavy atom. The number of quaternary nitrogens is 2. The molecule has 0 fully saturated rings. The highest BCUT2D eigenvalue weighted by Crippen LogP contribution is 2.52. The van der Waals surface area contributed by atoms with Crippen molar-refractivity contribution < 1.29 is 74.0 Å². The molecule has 1 atom stereocenters. The number of nitrogens with zero attached hydrogens (tertiary/aromatic N) is 2. The van der Waals surface area contributed by atoms with Gasteiger partial charge in [-0.25, -0.2) is 13.6 Å². The number of ketones is 2. The smallest absolute Gasteiger partial charge is 0.386 e. The normalized spacial score (nSPS) is 12.3. The van der Waals surface area contributed by atoms with E-state index in [0.29, 0.717) is 15.7 Å². The van der Waals surface area contributed by atoms with Crippen LogP contribution in [-0.2, 0) is 50.3 Å². The molecule has 1 rings (SSSR count). The van der Waals surface area contributed by atoms with Crippen LogP contribution < -0.4 is 14.7 Å². The molecule has 51 heavy (non-hydrogen) atoms. The van der Waals surface area contributed by atoms with Crippen molar-refractivity contribution in [3.63, 3.8) is 0 Å². The third-order valence-electron chi connectivity index (χ3n) is 4.10. The predicted molar refractivity (Wildman–Crippen MR) is 206 cm³/mol. The Morgan fingerprint density at radius 3 is 1.06 bits per heavy atom. The van der Waals surface area contributed by atoms with Crippen LogP contribution in [0.25, 0.3) is 0 Å². The van der Waals surface area contributed by atoms with Gasteiger partial charge in [0.1, 0.15) is 11.6 Å². The number of rotatable bonds is 12. The Labute approximate surface area is 312 Å². The highest BCUT2D eigenvalue weighted by atomic mass is 31.2. The molecule has 308 valence electrons. The van der Waals surface area contributed by atoms with Crippen LogP contribution in [0.3, 0.4) is 0 Å². The summed E-state index contributed by atoms with van der Waals surface area (Å²) in [5, 5.41) is 0. The van der Waals surface area contributed by atoms with Gasteiger partial charge >= 0.3 is 8.17 Å². The molecule has 1 unspecified atom stereocenters. The maximum absolute atomic E-state index is 11.3. The van der Waals surface area contributed by atoms with Crippen molar-refractivity contribution in [3.8, 4) is 0 Å². The monoisotopic (exact) mass is 820 g/mol. The van der Waals surface area contributed by atoms with Gasteiger partial charge in [-0.1, -0.05) is 35.9 Å². The van der Waals surface area contributed by atoms with Gasteiger partial charge in [0.05, 0.1) is 91.2 Å². The summed E-state index contributed by atoms with van der Waals surface area (Å²) in [5.41, 5.74) is 1.32. The Hall–Kier alpha value is -0.440. The van der Waals surface area contributed by atoms with E-state index in [4.69, 9.17) is 9.05 Å². The van der Waals surface area contributed by atoms with Gasteiger partial charge in [-0.15, -0.1) is 4.52 Å². The van der Waals surface area contributed by atoms with E-state index in [0.717, 1.165) is 0 Å². The van der Waals surface area contributed by atoms with E-state index < -0.39 is 31.4 Å². The molecule has 16 nitrogen and oxygen atoms in total. The minimum atomic E-state index is -3.29. The largest absolute Gasteiger partial charge is 0.632 e. The number of phosphoric ester groups is 1. The Kier molecular flexibility index (Phi) is 40.4. The van der Waals surface area contributed by atoms with Crippen LogP contribution >= 0.6 is 31.4 Å². The lowest BCUT2D eigenvalue weighted by molar-refractivity contribution is -0.887. The second-order valence-corrected chi connectivity index (χ2v) is 22.1. The SMILES string of the molecule is CC(C)=O.CC(C)=O.COP(C)(C)=O.CO[P+](C)([O-])OC.CO[P+](C)([O-])OC[N+](C)(C)C.CO[P+]([O-])(OC)OC[N+](C)(C)C.Cc1ccccc1. The minimum absolute atomic E-state index is 0.167. The third kappa shape index (κ3) is 71.6. The van der Waals surface area contributed by atoms with Gasteiger partial charge in [0.25, 0.3) is 0 Å². The van der Waals surface area contributed by atoms with Crippen molar-refractivity contribution in [2.75, 3.05) is 125 Å². The summed E-state index contributed by atoms with van der Waals surface area (Å²) >= 11 is 0. The van der Waals surface area contributed by atoms with Crippen LogP contribution in [0.2, 0.25) is 0 Å². The first-order valence-electron chi connectivity index (χ1n) is 15.1. The van der Waals surface area contributed by atoms with Crippen LogP contribution in [0.1, 0.15) is 33.3 Å². The average Bonchev–Trinajstić information content (AvgIpc) is 2.99. The van der Waals surface area contributed by atoms with Gasteiger partial charge in [-0.3, -0.25) is 4.57 Å². The number of aryl methyl sites for hydroxylation is 1. The van der Waals surface area contributed by atoms with Crippen molar-refractivity contribution in [1.29, 1.82) is 0 Å². The van der Waals surface area contributed by atoms with Gasteiger partial charge in [0, 0.05) is 20.4 Å². The van der Waals surface area contributed by atoms with Crippen LogP contribution in [0.5, 0.6) is 0 Å². The van der Waals surface area contributed by atoms with Crippen LogP contribution in [0.4, 0.5) is 0 Å². The van der Waals surface area contributed by atoms with Gasteiger partial charge in [0.2, 0.25) is 29.3 Å². The number of phosphoric acid groups is 1. The van der Waals surface area contributed by atoms with Crippen molar-refractivity contribution in [1.82, 2.24) is 0 Å². The lowest BCUT2D eigenvalue weighted by Gasteiger charge is -2.27. The number of benzene rings is 1. The van der Waals surface area contributed by atoms with Gasteiger partial charge in [0.15, 0.2) is 7.37 Å². The van der Waals surface area contributed by atoms with Crippen molar-refractivity contribution in [2.45, 2.75) is 34.6 Å². The molecule has 0 spiro atoms. The molecule has 1 aromatic rings. The lowest BCUT2D eigenvalue weighted by atomic mass is 10.2. The fourth-order valence-corrected chi connectivity index (χ4v) is 3.02. The molecule has 0 aliphatic rings. The molecule has 0 amide bonds. The zero-order chi connectivity index (χ0) is 42.3. The number of carbonyl (C=O) groups is 2. The quantitative estimate of drug-likeness (QED) is 0.163. The van der Waals surface area contributed by atoms with Crippen molar-refractivity contribution >= 4 is 43.0 Å². The maximum atomic E-state index is 11.3. The molecule has 20 heteroatoms. The first-order chi connectivity index (χ1) is 22.6. The fraction of sp³-hybridized carbons (Fsp3) is 0.742. The number of Topliss-reactive ketones (excluding diaryl/α,β-unsaturated/α-hetero) is 2. The predicted octanol–water partition coefficient (Wildman–Crippen LogP) is 4.45. The van der Waals surface area contributed by atoms with E-state index in [1.54, 1.807) is 13.3 Å². The number of hydrogen-bond donors (Lipinski definition) is 0.